The SMILES string of the molecule is COCCOCCN1CC2(COc3cc4c(cc32)OCCO4)c2ccccc21. The molecule has 0 amide bonds. The summed E-state index contributed by atoms with van der Waals surface area (Å²) < 4.78 is 28.5. The second-order valence-electron chi connectivity index (χ2n) is 7.41. The molecular weight excluding hydrogens is 358 g/mol. The number of anilines is 1. The first-order chi connectivity index (χ1) is 13.8. The van der Waals surface area contributed by atoms with Crippen molar-refractivity contribution in [1.82, 2.24) is 0 Å². The molecule has 0 radical (unpaired) electrons. The standard InChI is InChI=1S/C22H25NO5/c1-24-8-9-25-7-6-23-14-22(16-4-2-3-5-18(16)23)15-28-19-13-21-20(12-17(19)22)26-10-11-27-21/h2-5,12-13H,6-11,14-15H2,1H3. The fourth-order valence-electron chi connectivity index (χ4n) is 4.46. The number of benzene rings is 2. The van der Waals surface area contributed by atoms with Gasteiger partial charge in [0.25, 0.3) is 0 Å². The Bertz CT molecular complexity index is 870. The van der Waals surface area contributed by atoms with Crippen molar-refractivity contribution in [3.63, 3.8) is 0 Å². The summed E-state index contributed by atoms with van der Waals surface area (Å²) in [5.74, 6) is 2.49. The van der Waals surface area contributed by atoms with E-state index >= 15 is 0 Å². The number of para-hydroxylation sites is 1. The molecule has 2 aromatic rings. The molecule has 3 aliphatic rings. The van der Waals surface area contributed by atoms with Crippen molar-refractivity contribution in [3.8, 4) is 17.2 Å². The van der Waals surface area contributed by atoms with Gasteiger partial charge in [-0.3, -0.25) is 0 Å². The number of nitrogens with zero attached hydrogens (tertiary/aromatic N) is 1. The molecule has 0 saturated heterocycles. The first-order valence-corrected chi connectivity index (χ1v) is 9.80. The van der Waals surface area contributed by atoms with E-state index in [9.17, 15) is 0 Å². The highest BCUT2D eigenvalue weighted by molar-refractivity contribution is 5.70. The van der Waals surface area contributed by atoms with E-state index in [0.717, 1.165) is 30.3 Å². The lowest BCUT2D eigenvalue weighted by molar-refractivity contribution is 0.0740. The van der Waals surface area contributed by atoms with Crippen LogP contribution < -0.4 is 19.1 Å². The minimum atomic E-state index is -0.186. The molecule has 6 heteroatoms. The highest BCUT2D eigenvalue weighted by Gasteiger charge is 2.50. The summed E-state index contributed by atoms with van der Waals surface area (Å²) in [6.07, 6.45) is 0. The number of methoxy groups -OCH3 is 1. The van der Waals surface area contributed by atoms with Crippen LogP contribution in [0.15, 0.2) is 36.4 Å². The molecule has 1 unspecified atom stereocenters. The first-order valence-electron chi connectivity index (χ1n) is 9.80. The molecule has 2 aromatic carbocycles. The second kappa shape index (κ2) is 7.18. The van der Waals surface area contributed by atoms with Crippen LogP contribution in [0.25, 0.3) is 0 Å². The molecule has 0 N–H and O–H groups in total. The zero-order valence-corrected chi connectivity index (χ0v) is 16.1. The Kier molecular flexibility index (Phi) is 4.53. The van der Waals surface area contributed by atoms with E-state index < -0.39 is 0 Å². The zero-order valence-electron chi connectivity index (χ0n) is 16.1. The number of hydrogen-bond acceptors (Lipinski definition) is 6. The molecule has 0 saturated carbocycles. The molecular formula is C22H25NO5. The van der Waals surface area contributed by atoms with Crippen molar-refractivity contribution in [2.24, 2.45) is 0 Å². The maximum absolute atomic E-state index is 6.16. The highest BCUT2D eigenvalue weighted by atomic mass is 16.6. The Morgan fingerprint density at radius 2 is 1.75 bits per heavy atom. The van der Waals surface area contributed by atoms with E-state index in [0.29, 0.717) is 39.6 Å². The Morgan fingerprint density at radius 1 is 0.929 bits per heavy atom. The van der Waals surface area contributed by atoms with Crippen molar-refractivity contribution >= 4 is 5.69 Å². The molecule has 6 nitrogen and oxygen atoms in total. The molecule has 5 rings (SSSR count). The van der Waals surface area contributed by atoms with Gasteiger partial charge in [0.2, 0.25) is 0 Å². The number of fused-ring (bicyclic) bond motifs is 5. The summed E-state index contributed by atoms with van der Waals surface area (Å²) in [5, 5.41) is 0. The van der Waals surface area contributed by atoms with Gasteiger partial charge < -0.3 is 28.6 Å². The van der Waals surface area contributed by atoms with Gasteiger partial charge in [-0.05, 0) is 17.7 Å². The number of hydrogen-bond donors (Lipinski definition) is 0. The summed E-state index contributed by atoms with van der Waals surface area (Å²) in [7, 11) is 1.69. The maximum Gasteiger partial charge on any atom is 0.165 e. The lowest BCUT2D eigenvalue weighted by Crippen LogP contribution is -2.37. The Labute approximate surface area is 164 Å². The van der Waals surface area contributed by atoms with E-state index in [4.69, 9.17) is 23.7 Å². The third-order valence-corrected chi connectivity index (χ3v) is 5.79. The van der Waals surface area contributed by atoms with Crippen molar-refractivity contribution in [1.29, 1.82) is 0 Å². The number of ether oxygens (including phenoxy) is 5. The van der Waals surface area contributed by atoms with Crippen LogP contribution in [0, 0.1) is 0 Å². The van der Waals surface area contributed by atoms with Gasteiger partial charge in [0.15, 0.2) is 11.5 Å². The summed E-state index contributed by atoms with van der Waals surface area (Å²) in [5.41, 5.74) is 3.56. The van der Waals surface area contributed by atoms with Crippen LogP contribution in [-0.2, 0) is 14.9 Å². The molecule has 3 heterocycles. The van der Waals surface area contributed by atoms with Crippen molar-refractivity contribution in [2.45, 2.75) is 5.41 Å². The van der Waals surface area contributed by atoms with Gasteiger partial charge in [-0.1, -0.05) is 18.2 Å². The molecule has 0 fully saturated rings. The average molecular weight is 383 g/mol. The fourth-order valence-corrected chi connectivity index (χ4v) is 4.46. The van der Waals surface area contributed by atoms with Gasteiger partial charge in [-0.2, -0.15) is 0 Å². The maximum atomic E-state index is 6.16. The van der Waals surface area contributed by atoms with Crippen LogP contribution >= 0.6 is 0 Å². The fraction of sp³-hybridized carbons (Fsp3) is 0.455. The summed E-state index contributed by atoms with van der Waals surface area (Å²) in [6.45, 7) is 5.40. The molecule has 3 aliphatic heterocycles. The molecule has 1 atom stereocenters. The van der Waals surface area contributed by atoms with Crippen molar-refractivity contribution < 1.29 is 23.7 Å². The van der Waals surface area contributed by atoms with E-state index in [-0.39, 0.29) is 5.41 Å². The molecule has 1 spiro atoms. The van der Waals surface area contributed by atoms with Gasteiger partial charge in [-0.25, -0.2) is 0 Å². The van der Waals surface area contributed by atoms with Crippen LogP contribution in [0.5, 0.6) is 17.2 Å². The van der Waals surface area contributed by atoms with Gasteiger partial charge in [0, 0.05) is 37.5 Å². The molecule has 148 valence electrons. The van der Waals surface area contributed by atoms with E-state index in [1.807, 2.05) is 6.07 Å². The van der Waals surface area contributed by atoms with Crippen LogP contribution in [0.3, 0.4) is 0 Å². The van der Waals surface area contributed by atoms with Crippen molar-refractivity contribution in [3.05, 3.63) is 47.5 Å². The molecule has 0 bridgehead atoms. The van der Waals surface area contributed by atoms with Crippen LogP contribution in [0.1, 0.15) is 11.1 Å². The minimum absolute atomic E-state index is 0.186. The normalized spacial score (nSPS) is 21.5. The highest BCUT2D eigenvalue weighted by Crippen LogP contribution is 2.53. The Hall–Kier alpha value is -2.44. The Morgan fingerprint density at radius 3 is 2.61 bits per heavy atom. The largest absolute Gasteiger partial charge is 0.492 e. The van der Waals surface area contributed by atoms with Crippen LogP contribution in [0.4, 0.5) is 5.69 Å². The predicted octanol–water partition coefficient (Wildman–Crippen LogP) is 2.62. The van der Waals surface area contributed by atoms with Crippen LogP contribution in [-0.4, -0.2) is 59.8 Å². The van der Waals surface area contributed by atoms with Gasteiger partial charge in [-0.15, -0.1) is 0 Å². The summed E-state index contributed by atoms with van der Waals surface area (Å²) in [6, 6.07) is 12.7. The third kappa shape index (κ3) is 2.79. The molecule has 28 heavy (non-hydrogen) atoms. The van der Waals surface area contributed by atoms with Gasteiger partial charge >= 0.3 is 0 Å². The smallest absolute Gasteiger partial charge is 0.165 e. The Balaban J connectivity index is 1.45. The second-order valence-corrected chi connectivity index (χ2v) is 7.41. The average Bonchev–Trinajstić information content (AvgIpc) is 3.25. The van der Waals surface area contributed by atoms with E-state index in [1.165, 1.54) is 16.8 Å². The van der Waals surface area contributed by atoms with Crippen LogP contribution in [0.2, 0.25) is 0 Å². The van der Waals surface area contributed by atoms with E-state index in [1.54, 1.807) is 7.11 Å². The van der Waals surface area contributed by atoms with Gasteiger partial charge in [0.05, 0.1) is 25.2 Å². The van der Waals surface area contributed by atoms with E-state index in [2.05, 4.69) is 35.2 Å². The quantitative estimate of drug-likeness (QED) is 0.715. The predicted molar refractivity (Wildman–Crippen MR) is 105 cm³/mol. The van der Waals surface area contributed by atoms with Gasteiger partial charge in [0.1, 0.15) is 25.6 Å². The topological polar surface area (TPSA) is 49.4 Å². The van der Waals surface area contributed by atoms with Crippen molar-refractivity contribution in [2.75, 3.05) is 64.7 Å². The lowest BCUT2D eigenvalue weighted by Gasteiger charge is -2.26. The molecule has 0 aliphatic carbocycles. The monoisotopic (exact) mass is 383 g/mol. The zero-order chi connectivity index (χ0) is 19.0. The molecule has 0 aromatic heterocycles. The lowest BCUT2D eigenvalue weighted by atomic mass is 9.77. The summed E-state index contributed by atoms with van der Waals surface area (Å²) in [4.78, 5) is 2.40. The first kappa shape index (κ1) is 17.6. The number of rotatable bonds is 6. The minimum Gasteiger partial charge on any atom is -0.492 e. The third-order valence-electron chi connectivity index (χ3n) is 5.79. The summed E-state index contributed by atoms with van der Waals surface area (Å²) >= 11 is 0.